The highest BCUT2D eigenvalue weighted by atomic mass is 32.1. The molecule has 0 atom stereocenters. The first kappa shape index (κ1) is 13.3. The fraction of sp³-hybridized carbons (Fsp3) is 0.143. The Kier molecular flexibility index (Phi) is 4.30. The quantitative estimate of drug-likeness (QED) is 0.728. The number of aromatic nitrogens is 1. The van der Waals surface area contributed by atoms with Crippen molar-refractivity contribution < 1.29 is 5.11 Å². The minimum atomic E-state index is 0.286. The molecule has 4 nitrogen and oxygen atoms in total. The van der Waals surface area contributed by atoms with Crippen molar-refractivity contribution in [2.45, 2.75) is 6.42 Å². The summed E-state index contributed by atoms with van der Waals surface area (Å²) in [5, 5.41) is 12.5. The van der Waals surface area contributed by atoms with E-state index in [1.807, 2.05) is 18.2 Å². The molecule has 0 aliphatic heterocycles. The van der Waals surface area contributed by atoms with Crippen LogP contribution in [0, 0.1) is 0 Å². The number of rotatable bonds is 5. The summed E-state index contributed by atoms with van der Waals surface area (Å²) in [5.41, 5.74) is 8.20. The predicted octanol–water partition coefficient (Wildman–Crippen LogP) is 2.08. The topological polar surface area (TPSA) is 71.2 Å². The molecule has 0 saturated carbocycles. The van der Waals surface area contributed by atoms with Crippen molar-refractivity contribution in [1.82, 2.24) is 4.98 Å². The van der Waals surface area contributed by atoms with Crippen LogP contribution in [0.4, 0.5) is 5.69 Å². The number of nitrogens with two attached hydrogens (primary N) is 1. The number of hydrogen-bond acceptors (Lipinski definition) is 4. The fourth-order valence-electron chi connectivity index (χ4n) is 1.66. The maximum absolute atomic E-state index is 9.19. The number of hydrogen-bond donors (Lipinski definition) is 3. The van der Waals surface area contributed by atoms with Crippen molar-refractivity contribution in [2.24, 2.45) is 5.73 Å². The maximum atomic E-state index is 9.19. The number of anilines is 1. The minimum Gasteiger partial charge on any atom is -0.508 e. The summed E-state index contributed by atoms with van der Waals surface area (Å²) in [4.78, 5) is 4.46. The fourth-order valence-corrected chi connectivity index (χ4v) is 1.78. The third-order valence-corrected chi connectivity index (χ3v) is 2.90. The molecule has 0 amide bonds. The van der Waals surface area contributed by atoms with Crippen molar-refractivity contribution in [1.29, 1.82) is 0 Å². The summed E-state index contributed by atoms with van der Waals surface area (Å²) in [5.74, 6) is 0.286. The number of phenols is 1. The zero-order valence-corrected chi connectivity index (χ0v) is 11.2. The predicted molar refractivity (Wildman–Crippen MR) is 80.4 cm³/mol. The van der Waals surface area contributed by atoms with E-state index in [1.54, 1.807) is 24.4 Å². The van der Waals surface area contributed by atoms with Crippen molar-refractivity contribution in [2.75, 3.05) is 11.9 Å². The molecular formula is C14H15N3OS. The monoisotopic (exact) mass is 273 g/mol. The Morgan fingerprint density at radius 2 is 1.95 bits per heavy atom. The first-order valence-corrected chi connectivity index (χ1v) is 6.33. The van der Waals surface area contributed by atoms with Gasteiger partial charge in [0, 0.05) is 6.54 Å². The van der Waals surface area contributed by atoms with Gasteiger partial charge in [-0.2, -0.15) is 0 Å². The van der Waals surface area contributed by atoms with Crippen LogP contribution in [0.15, 0.2) is 42.6 Å². The molecule has 1 aromatic carbocycles. The number of thiocarbonyl (C=S) groups is 1. The third-order valence-electron chi connectivity index (χ3n) is 2.70. The standard InChI is InChI=1S/C14H15N3OS/c15-14(19)13-6-3-11(9-17-13)16-8-7-10-1-4-12(18)5-2-10/h1-6,9,16,18H,7-8H2,(H2,15,19). The average Bonchev–Trinajstić information content (AvgIpc) is 2.41. The molecule has 2 rings (SSSR count). The number of phenolic OH excluding ortho intramolecular Hbond substituents is 1. The number of nitrogens with zero attached hydrogens (tertiary/aromatic N) is 1. The third kappa shape index (κ3) is 3.93. The lowest BCUT2D eigenvalue weighted by Gasteiger charge is -2.07. The Morgan fingerprint density at radius 1 is 1.21 bits per heavy atom. The van der Waals surface area contributed by atoms with Crippen LogP contribution < -0.4 is 11.1 Å². The molecule has 98 valence electrons. The normalized spacial score (nSPS) is 10.1. The number of aromatic hydroxyl groups is 1. The molecule has 1 aromatic heterocycles. The maximum Gasteiger partial charge on any atom is 0.122 e. The molecule has 0 radical (unpaired) electrons. The van der Waals surface area contributed by atoms with Crippen molar-refractivity contribution in [3.63, 3.8) is 0 Å². The lowest BCUT2D eigenvalue weighted by molar-refractivity contribution is 0.475. The Morgan fingerprint density at radius 3 is 2.53 bits per heavy atom. The molecule has 0 aliphatic rings. The zero-order chi connectivity index (χ0) is 13.7. The second-order valence-electron chi connectivity index (χ2n) is 4.14. The van der Waals surface area contributed by atoms with Gasteiger partial charge in [0.2, 0.25) is 0 Å². The minimum absolute atomic E-state index is 0.286. The van der Waals surface area contributed by atoms with Gasteiger partial charge in [-0.3, -0.25) is 4.98 Å². The molecule has 0 spiro atoms. The van der Waals surface area contributed by atoms with E-state index in [2.05, 4.69) is 10.3 Å². The smallest absolute Gasteiger partial charge is 0.122 e. The van der Waals surface area contributed by atoms with Gasteiger partial charge in [-0.1, -0.05) is 24.4 Å². The molecule has 4 N–H and O–H groups in total. The van der Waals surface area contributed by atoms with E-state index in [9.17, 15) is 5.11 Å². The Hall–Kier alpha value is -2.14. The number of nitrogens with one attached hydrogen (secondary N) is 1. The summed E-state index contributed by atoms with van der Waals surface area (Å²) >= 11 is 4.84. The second kappa shape index (κ2) is 6.15. The highest BCUT2D eigenvalue weighted by Gasteiger charge is 1.98. The van der Waals surface area contributed by atoms with E-state index in [-0.39, 0.29) is 5.75 Å². The van der Waals surface area contributed by atoms with Crippen molar-refractivity contribution in [3.05, 3.63) is 53.9 Å². The van der Waals surface area contributed by atoms with E-state index in [0.717, 1.165) is 24.2 Å². The molecular weight excluding hydrogens is 258 g/mol. The van der Waals surface area contributed by atoms with Crippen LogP contribution in [-0.2, 0) is 6.42 Å². The van der Waals surface area contributed by atoms with E-state index >= 15 is 0 Å². The SMILES string of the molecule is NC(=S)c1ccc(NCCc2ccc(O)cc2)cn1. The number of pyridine rings is 1. The van der Waals surface area contributed by atoms with Gasteiger partial charge in [0.05, 0.1) is 17.6 Å². The van der Waals surface area contributed by atoms with Crippen molar-refractivity contribution >= 4 is 22.9 Å². The van der Waals surface area contributed by atoms with Crippen molar-refractivity contribution in [3.8, 4) is 5.75 Å². The van der Waals surface area contributed by atoms with Crippen LogP contribution in [0.5, 0.6) is 5.75 Å². The zero-order valence-electron chi connectivity index (χ0n) is 10.3. The van der Waals surface area contributed by atoms with Crippen LogP contribution in [0.2, 0.25) is 0 Å². The first-order valence-electron chi connectivity index (χ1n) is 5.93. The molecule has 0 fully saturated rings. The van der Waals surface area contributed by atoms with E-state index in [1.165, 1.54) is 0 Å². The van der Waals surface area contributed by atoms with Crippen LogP contribution in [0.25, 0.3) is 0 Å². The molecule has 5 heteroatoms. The van der Waals surface area contributed by atoms with E-state index in [4.69, 9.17) is 18.0 Å². The summed E-state index contributed by atoms with van der Waals surface area (Å²) < 4.78 is 0. The van der Waals surface area contributed by atoms with Crippen LogP contribution in [0.1, 0.15) is 11.3 Å². The summed E-state index contributed by atoms with van der Waals surface area (Å²) in [7, 11) is 0. The average molecular weight is 273 g/mol. The van der Waals surface area contributed by atoms with Gasteiger partial charge in [-0.25, -0.2) is 0 Å². The van der Waals surface area contributed by atoms with Crippen LogP contribution in [-0.4, -0.2) is 21.6 Å². The largest absolute Gasteiger partial charge is 0.508 e. The van der Waals surface area contributed by atoms with Gasteiger partial charge >= 0.3 is 0 Å². The van der Waals surface area contributed by atoms with Gasteiger partial charge in [-0.15, -0.1) is 0 Å². The molecule has 2 aromatic rings. The Bertz CT molecular complexity index is 552. The molecule has 0 aliphatic carbocycles. The summed E-state index contributed by atoms with van der Waals surface area (Å²) in [6, 6.07) is 10.9. The molecule has 0 bridgehead atoms. The van der Waals surface area contributed by atoms with E-state index < -0.39 is 0 Å². The molecule has 0 saturated heterocycles. The highest BCUT2D eigenvalue weighted by molar-refractivity contribution is 7.80. The molecule has 1 heterocycles. The second-order valence-corrected chi connectivity index (χ2v) is 4.58. The lowest BCUT2D eigenvalue weighted by Crippen LogP contribution is -2.12. The van der Waals surface area contributed by atoms with Gasteiger partial charge in [0.25, 0.3) is 0 Å². The Balaban J connectivity index is 1.85. The molecule has 19 heavy (non-hydrogen) atoms. The van der Waals surface area contributed by atoms with Crippen LogP contribution in [0.3, 0.4) is 0 Å². The molecule has 0 unspecified atom stereocenters. The van der Waals surface area contributed by atoms with Gasteiger partial charge in [0.15, 0.2) is 0 Å². The first-order chi connectivity index (χ1) is 9.15. The Labute approximate surface area is 117 Å². The van der Waals surface area contributed by atoms with Crippen LogP contribution >= 0.6 is 12.2 Å². The lowest BCUT2D eigenvalue weighted by atomic mass is 10.1. The van der Waals surface area contributed by atoms with Gasteiger partial charge < -0.3 is 16.2 Å². The van der Waals surface area contributed by atoms with E-state index in [0.29, 0.717) is 10.7 Å². The highest BCUT2D eigenvalue weighted by Crippen LogP contribution is 2.11. The van der Waals surface area contributed by atoms with Gasteiger partial charge in [0.1, 0.15) is 10.7 Å². The number of benzene rings is 1. The van der Waals surface area contributed by atoms with Gasteiger partial charge in [-0.05, 0) is 36.2 Å². The summed E-state index contributed by atoms with van der Waals surface area (Å²) in [6.45, 7) is 0.791. The summed E-state index contributed by atoms with van der Waals surface area (Å²) in [6.07, 6.45) is 2.59.